The van der Waals surface area contributed by atoms with E-state index in [1.165, 1.54) is 6.07 Å². The minimum atomic E-state index is -0.431. The van der Waals surface area contributed by atoms with Gasteiger partial charge in [-0.2, -0.15) is 0 Å². The minimum absolute atomic E-state index is 0.0857. The maximum atomic E-state index is 13.6. The van der Waals surface area contributed by atoms with Crippen LogP contribution in [0.3, 0.4) is 0 Å². The van der Waals surface area contributed by atoms with Crippen molar-refractivity contribution >= 4 is 5.91 Å². The van der Waals surface area contributed by atoms with Crippen LogP contribution in [0.1, 0.15) is 25.3 Å². The number of nitrogens with one attached hydrogen (secondary N) is 1. The number of hydrogen-bond donors (Lipinski definition) is 1. The fourth-order valence-electron chi connectivity index (χ4n) is 3.18. The second kappa shape index (κ2) is 6.95. The monoisotopic (exact) mass is 322 g/mol. The van der Waals surface area contributed by atoms with E-state index in [4.69, 9.17) is 9.47 Å². The number of carbonyl (C=O) groups is 1. The van der Waals surface area contributed by atoms with E-state index in [0.29, 0.717) is 18.8 Å². The quantitative estimate of drug-likeness (QED) is 0.916. The Morgan fingerprint density at radius 1 is 1.30 bits per heavy atom. The van der Waals surface area contributed by atoms with Crippen molar-refractivity contribution in [3.63, 3.8) is 0 Å². The van der Waals surface area contributed by atoms with Crippen molar-refractivity contribution in [1.29, 1.82) is 0 Å². The molecule has 1 N–H and O–H groups in total. The van der Waals surface area contributed by atoms with E-state index in [2.05, 4.69) is 10.2 Å². The molecule has 0 aliphatic carbocycles. The van der Waals surface area contributed by atoms with E-state index in [0.717, 1.165) is 25.9 Å². The molecule has 1 amide bonds. The molecule has 2 aliphatic rings. The third-order valence-electron chi connectivity index (χ3n) is 4.71. The first-order valence-electron chi connectivity index (χ1n) is 8.13. The number of halogens is 1. The summed E-state index contributed by atoms with van der Waals surface area (Å²) in [7, 11) is 0. The molecule has 0 bridgehead atoms. The van der Waals surface area contributed by atoms with Crippen LogP contribution in [0.2, 0.25) is 0 Å². The maximum absolute atomic E-state index is 13.6. The Balaban J connectivity index is 1.49. The van der Waals surface area contributed by atoms with Gasteiger partial charge in [0.05, 0.1) is 19.3 Å². The van der Waals surface area contributed by atoms with Gasteiger partial charge in [0, 0.05) is 38.0 Å². The van der Waals surface area contributed by atoms with Crippen molar-refractivity contribution < 1.29 is 18.7 Å². The second-order valence-electron chi connectivity index (χ2n) is 6.13. The molecule has 0 aromatic heterocycles. The van der Waals surface area contributed by atoms with Crippen LogP contribution in [0, 0.1) is 5.82 Å². The molecule has 1 aromatic carbocycles. The molecule has 1 aromatic rings. The van der Waals surface area contributed by atoms with E-state index in [1.54, 1.807) is 18.2 Å². The number of piperidine rings is 1. The first-order valence-corrected chi connectivity index (χ1v) is 8.13. The summed E-state index contributed by atoms with van der Waals surface area (Å²) in [6, 6.07) is 6.23. The number of amides is 1. The zero-order valence-corrected chi connectivity index (χ0v) is 13.4. The van der Waals surface area contributed by atoms with Crippen LogP contribution >= 0.6 is 0 Å². The molecule has 3 rings (SSSR count). The Bertz CT molecular complexity index is 551. The van der Waals surface area contributed by atoms with Crippen LogP contribution in [-0.2, 0) is 20.8 Å². The molecule has 1 spiro atoms. The molecular formula is C17H23FN2O3. The van der Waals surface area contributed by atoms with Gasteiger partial charge in [0.1, 0.15) is 5.82 Å². The summed E-state index contributed by atoms with van der Waals surface area (Å²) in [5, 5.41) is 2.81. The summed E-state index contributed by atoms with van der Waals surface area (Å²) >= 11 is 0. The molecule has 2 saturated heterocycles. The van der Waals surface area contributed by atoms with Crippen molar-refractivity contribution in [2.75, 3.05) is 26.3 Å². The predicted octanol–water partition coefficient (Wildman–Crippen LogP) is 1.67. The summed E-state index contributed by atoms with van der Waals surface area (Å²) in [5.41, 5.74) is 0.499. The van der Waals surface area contributed by atoms with Crippen molar-refractivity contribution in [2.24, 2.45) is 0 Å². The summed E-state index contributed by atoms with van der Waals surface area (Å²) in [4.78, 5) is 14.4. The number of ether oxygens (including phenoxy) is 2. The van der Waals surface area contributed by atoms with Crippen molar-refractivity contribution in [3.8, 4) is 0 Å². The van der Waals surface area contributed by atoms with Crippen LogP contribution in [-0.4, -0.2) is 48.9 Å². The van der Waals surface area contributed by atoms with Gasteiger partial charge in [-0.15, -0.1) is 0 Å². The summed E-state index contributed by atoms with van der Waals surface area (Å²) in [6.45, 7) is 4.91. The number of nitrogens with zero attached hydrogens (tertiary/aromatic N) is 1. The van der Waals surface area contributed by atoms with Crippen molar-refractivity contribution in [1.82, 2.24) is 10.2 Å². The van der Waals surface area contributed by atoms with Gasteiger partial charge >= 0.3 is 0 Å². The Hall–Kier alpha value is -1.50. The minimum Gasteiger partial charge on any atom is -0.351 e. The SMILES string of the molecule is CC(C(=O)NCc1ccccc1F)N1CCC2(CC1)OCCO2. The first kappa shape index (κ1) is 16.4. The van der Waals surface area contributed by atoms with Crippen LogP contribution in [0.4, 0.5) is 4.39 Å². The molecule has 126 valence electrons. The third kappa shape index (κ3) is 3.71. The molecule has 23 heavy (non-hydrogen) atoms. The molecule has 0 radical (unpaired) electrons. The number of benzene rings is 1. The largest absolute Gasteiger partial charge is 0.351 e. The molecule has 1 atom stereocenters. The van der Waals surface area contributed by atoms with E-state index in [1.807, 2.05) is 6.92 Å². The molecule has 1 unspecified atom stereocenters. The Morgan fingerprint density at radius 2 is 1.96 bits per heavy atom. The van der Waals surface area contributed by atoms with Gasteiger partial charge in [0.25, 0.3) is 0 Å². The standard InChI is InChI=1S/C17H23FN2O3/c1-13(16(21)19-12-14-4-2-3-5-15(14)18)20-8-6-17(7-9-20)22-10-11-23-17/h2-5,13H,6-12H2,1H3,(H,19,21). The molecule has 0 saturated carbocycles. The molecule has 2 aliphatic heterocycles. The second-order valence-corrected chi connectivity index (χ2v) is 6.13. The third-order valence-corrected chi connectivity index (χ3v) is 4.71. The van der Waals surface area contributed by atoms with E-state index >= 15 is 0 Å². The predicted molar refractivity (Wildman–Crippen MR) is 83.2 cm³/mol. The zero-order valence-electron chi connectivity index (χ0n) is 13.4. The van der Waals surface area contributed by atoms with Crippen LogP contribution in [0.15, 0.2) is 24.3 Å². The fourth-order valence-corrected chi connectivity index (χ4v) is 3.18. The average molecular weight is 322 g/mol. The maximum Gasteiger partial charge on any atom is 0.237 e. The molecule has 6 heteroatoms. The Kier molecular flexibility index (Phi) is 4.94. The average Bonchev–Trinajstić information content (AvgIpc) is 3.02. The lowest BCUT2D eigenvalue weighted by Gasteiger charge is -2.39. The van der Waals surface area contributed by atoms with Gasteiger partial charge in [-0.05, 0) is 13.0 Å². The zero-order chi connectivity index (χ0) is 16.3. The van der Waals surface area contributed by atoms with E-state index in [9.17, 15) is 9.18 Å². The molecular weight excluding hydrogens is 299 g/mol. The van der Waals surface area contributed by atoms with Gasteiger partial charge in [-0.1, -0.05) is 18.2 Å². The summed E-state index contributed by atoms with van der Waals surface area (Å²) in [6.07, 6.45) is 1.55. The van der Waals surface area contributed by atoms with Crippen molar-refractivity contribution in [3.05, 3.63) is 35.6 Å². The summed E-state index contributed by atoms with van der Waals surface area (Å²) < 4.78 is 25.0. The topological polar surface area (TPSA) is 50.8 Å². The van der Waals surface area contributed by atoms with Gasteiger partial charge in [-0.3, -0.25) is 9.69 Å². The van der Waals surface area contributed by atoms with Gasteiger partial charge in [0.2, 0.25) is 5.91 Å². The molecule has 2 fully saturated rings. The lowest BCUT2D eigenvalue weighted by Crippen LogP contribution is -2.52. The highest BCUT2D eigenvalue weighted by atomic mass is 19.1. The lowest BCUT2D eigenvalue weighted by atomic mass is 10.0. The van der Waals surface area contributed by atoms with Crippen LogP contribution in [0.5, 0.6) is 0 Å². The number of likely N-dealkylation sites (tertiary alicyclic amines) is 1. The number of carbonyl (C=O) groups excluding carboxylic acids is 1. The van der Waals surface area contributed by atoms with E-state index < -0.39 is 5.79 Å². The lowest BCUT2D eigenvalue weighted by molar-refractivity contribution is -0.188. The van der Waals surface area contributed by atoms with Crippen LogP contribution in [0.25, 0.3) is 0 Å². The smallest absolute Gasteiger partial charge is 0.237 e. The summed E-state index contributed by atoms with van der Waals surface area (Å²) in [5.74, 6) is -0.812. The van der Waals surface area contributed by atoms with E-state index in [-0.39, 0.29) is 24.3 Å². The van der Waals surface area contributed by atoms with Gasteiger partial charge < -0.3 is 14.8 Å². The van der Waals surface area contributed by atoms with Gasteiger partial charge in [0.15, 0.2) is 5.79 Å². The van der Waals surface area contributed by atoms with Crippen LogP contribution < -0.4 is 5.32 Å². The number of hydrogen-bond acceptors (Lipinski definition) is 4. The van der Waals surface area contributed by atoms with Crippen molar-refractivity contribution in [2.45, 2.75) is 38.1 Å². The normalized spacial score (nSPS) is 22.2. The highest BCUT2D eigenvalue weighted by Crippen LogP contribution is 2.31. The fraction of sp³-hybridized carbons (Fsp3) is 0.588. The highest BCUT2D eigenvalue weighted by Gasteiger charge is 2.41. The molecule has 2 heterocycles. The number of rotatable bonds is 4. The Morgan fingerprint density at radius 3 is 2.61 bits per heavy atom. The first-order chi connectivity index (χ1) is 11.1. The van der Waals surface area contributed by atoms with Gasteiger partial charge in [-0.25, -0.2) is 4.39 Å². The Labute approximate surface area is 135 Å². The highest BCUT2D eigenvalue weighted by molar-refractivity contribution is 5.81. The molecule has 5 nitrogen and oxygen atoms in total.